The Bertz CT molecular complexity index is 1300. The summed E-state index contributed by atoms with van der Waals surface area (Å²) in [5.41, 5.74) is 1.05. The summed E-state index contributed by atoms with van der Waals surface area (Å²) in [6.45, 7) is 1.64. The normalized spacial score (nSPS) is 21.2. The van der Waals surface area contributed by atoms with Crippen LogP contribution in [-0.2, 0) is 14.3 Å². The van der Waals surface area contributed by atoms with E-state index in [9.17, 15) is 13.6 Å². The topological polar surface area (TPSA) is 146 Å². The van der Waals surface area contributed by atoms with Crippen molar-refractivity contribution in [1.29, 1.82) is 0 Å². The monoisotopic (exact) mass is 556 g/mol. The van der Waals surface area contributed by atoms with E-state index in [0.717, 1.165) is 18.5 Å². The SMILES string of the molecule is O=C(Nc1ccccn1)[C@@H]1C[C@H](OCC(F)F)CN1c1nc(Nc2cc(C3CC3)[nH]n2)nc(N2CCOCC2)n1. The molecule has 2 aliphatic heterocycles. The van der Waals surface area contributed by atoms with Gasteiger partial charge in [0.15, 0.2) is 5.82 Å². The zero-order chi connectivity index (χ0) is 27.5. The molecule has 5 heterocycles. The van der Waals surface area contributed by atoms with Crippen LogP contribution in [-0.4, -0.2) is 94.1 Å². The Morgan fingerprint density at radius 2 is 1.98 bits per heavy atom. The molecule has 1 amide bonds. The van der Waals surface area contributed by atoms with Crippen molar-refractivity contribution >= 4 is 35.4 Å². The Morgan fingerprint density at radius 3 is 2.73 bits per heavy atom. The minimum absolute atomic E-state index is 0.146. The number of aromatic nitrogens is 6. The first-order chi connectivity index (χ1) is 19.5. The van der Waals surface area contributed by atoms with Crippen molar-refractivity contribution in [2.45, 2.75) is 43.8 Å². The fourth-order valence-electron chi connectivity index (χ4n) is 4.80. The maximum absolute atomic E-state index is 13.4. The van der Waals surface area contributed by atoms with Crippen LogP contribution < -0.4 is 20.4 Å². The second-order valence-electron chi connectivity index (χ2n) is 9.92. The van der Waals surface area contributed by atoms with Crippen LogP contribution in [0.3, 0.4) is 0 Å². The van der Waals surface area contributed by atoms with Crippen molar-refractivity contribution in [3.8, 4) is 0 Å². The van der Waals surface area contributed by atoms with Gasteiger partial charge in [-0.15, -0.1) is 0 Å². The Hall–Kier alpha value is -3.98. The van der Waals surface area contributed by atoms with Crippen LogP contribution in [0, 0.1) is 0 Å². The van der Waals surface area contributed by atoms with Crippen molar-refractivity contribution in [2.24, 2.45) is 0 Å². The summed E-state index contributed by atoms with van der Waals surface area (Å²) >= 11 is 0. The number of alkyl halides is 2. The highest BCUT2D eigenvalue weighted by molar-refractivity contribution is 5.96. The Balaban J connectivity index is 1.30. The lowest BCUT2D eigenvalue weighted by Crippen LogP contribution is -2.42. The molecule has 1 aliphatic carbocycles. The van der Waals surface area contributed by atoms with Gasteiger partial charge in [-0.1, -0.05) is 6.07 Å². The van der Waals surface area contributed by atoms with Crippen LogP contribution >= 0.6 is 0 Å². The Kier molecular flexibility index (Phi) is 7.64. The molecule has 13 nitrogen and oxygen atoms in total. The summed E-state index contributed by atoms with van der Waals surface area (Å²) in [6.07, 6.45) is 0.760. The second kappa shape index (κ2) is 11.6. The van der Waals surface area contributed by atoms with Crippen molar-refractivity contribution < 1.29 is 23.0 Å². The Labute approximate surface area is 228 Å². The maximum atomic E-state index is 13.4. The number of hydrogen-bond acceptors (Lipinski definition) is 11. The highest BCUT2D eigenvalue weighted by Crippen LogP contribution is 2.39. The van der Waals surface area contributed by atoms with Gasteiger partial charge in [-0.05, 0) is 25.0 Å². The van der Waals surface area contributed by atoms with Crippen LogP contribution in [0.2, 0.25) is 0 Å². The number of H-pyrrole nitrogens is 1. The van der Waals surface area contributed by atoms with Crippen molar-refractivity contribution in [1.82, 2.24) is 30.1 Å². The van der Waals surface area contributed by atoms with Crippen molar-refractivity contribution in [3.63, 3.8) is 0 Å². The molecule has 3 N–H and O–H groups in total. The van der Waals surface area contributed by atoms with Gasteiger partial charge in [0.2, 0.25) is 23.8 Å². The molecule has 0 aromatic carbocycles. The molecule has 3 fully saturated rings. The van der Waals surface area contributed by atoms with E-state index in [4.69, 9.17) is 14.5 Å². The summed E-state index contributed by atoms with van der Waals surface area (Å²) in [4.78, 5) is 35.2. The molecule has 2 atom stereocenters. The zero-order valence-corrected chi connectivity index (χ0v) is 21.7. The first kappa shape index (κ1) is 26.3. The minimum Gasteiger partial charge on any atom is -0.378 e. The number of aromatic amines is 1. The van der Waals surface area contributed by atoms with Crippen molar-refractivity contribution in [3.05, 3.63) is 36.2 Å². The van der Waals surface area contributed by atoms with E-state index < -0.39 is 25.2 Å². The standard InChI is InChI=1S/C25H30F2N10O3/c26-19(27)14-40-16-11-18(22(38)29-20-3-1-2-6-28-20)37(13-16)25-32-23(30-21-12-17(34-35-21)15-4-5-15)31-24(33-25)36-7-9-39-10-8-36/h1-3,6,12,15-16,18-19H,4-5,7-11,13-14H2,(H,28,29,38)(H2,30,31,32,33,34,35)/t16-,18-/m0/s1. The second-order valence-corrected chi connectivity index (χ2v) is 9.92. The molecule has 0 bridgehead atoms. The fourth-order valence-corrected chi connectivity index (χ4v) is 4.80. The molecule has 212 valence electrons. The lowest BCUT2D eigenvalue weighted by Gasteiger charge is -2.29. The van der Waals surface area contributed by atoms with Gasteiger partial charge in [0, 0.05) is 49.9 Å². The first-order valence-electron chi connectivity index (χ1n) is 13.3. The number of ether oxygens (including phenoxy) is 2. The van der Waals surface area contributed by atoms with Crippen LogP contribution in [0.1, 0.15) is 30.9 Å². The average Bonchev–Trinajstić information content (AvgIpc) is 3.56. The van der Waals surface area contributed by atoms with Gasteiger partial charge >= 0.3 is 0 Å². The number of nitrogens with zero attached hydrogens (tertiary/aromatic N) is 7. The molecule has 40 heavy (non-hydrogen) atoms. The number of hydrogen-bond donors (Lipinski definition) is 3. The number of morpholine rings is 1. The zero-order valence-electron chi connectivity index (χ0n) is 21.7. The maximum Gasteiger partial charge on any atom is 0.261 e. The molecule has 3 aromatic heterocycles. The number of halogens is 2. The van der Waals surface area contributed by atoms with E-state index in [1.807, 2.05) is 11.0 Å². The van der Waals surface area contributed by atoms with Gasteiger partial charge in [0.25, 0.3) is 6.43 Å². The van der Waals surface area contributed by atoms with Crippen molar-refractivity contribution in [2.75, 3.05) is 59.9 Å². The molecular formula is C25H30F2N10O3. The number of nitrogens with one attached hydrogen (secondary N) is 3. The van der Waals surface area contributed by atoms with E-state index in [-0.39, 0.29) is 30.8 Å². The van der Waals surface area contributed by atoms with E-state index >= 15 is 0 Å². The van der Waals surface area contributed by atoms with E-state index in [0.29, 0.717) is 49.8 Å². The molecule has 6 rings (SSSR count). The minimum atomic E-state index is -2.62. The average molecular weight is 557 g/mol. The largest absolute Gasteiger partial charge is 0.378 e. The predicted molar refractivity (Wildman–Crippen MR) is 141 cm³/mol. The third-order valence-corrected chi connectivity index (χ3v) is 6.96. The number of carbonyl (C=O) groups is 1. The van der Waals surface area contributed by atoms with Gasteiger partial charge in [0.05, 0.1) is 19.3 Å². The fraction of sp³-hybridized carbons (Fsp3) is 0.520. The number of carbonyl (C=O) groups excluding carboxylic acids is 1. The molecule has 2 saturated heterocycles. The van der Waals surface area contributed by atoms with Crippen LogP contribution in [0.4, 0.5) is 38.3 Å². The molecule has 15 heteroatoms. The first-order valence-corrected chi connectivity index (χ1v) is 13.3. The highest BCUT2D eigenvalue weighted by Gasteiger charge is 2.40. The number of amides is 1. The van der Waals surface area contributed by atoms with E-state index in [2.05, 4.69) is 35.8 Å². The predicted octanol–water partition coefficient (Wildman–Crippen LogP) is 2.31. The summed E-state index contributed by atoms with van der Waals surface area (Å²) in [5, 5.41) is 13.3. The molecule has 3 aliphatic rings. The van der Waals surface area contributed by atoms with Gasteiger partial charge in [-0.2, -0.15) is 20.1 Å². The molecule has 1 saturated carbocycles. The third kappa shape index (κ3) is 6.25. The summed E-state index contributed by atoms with van der Waals surface area (Å²) in [7, 11) is 0. The van der Waals surface area contributed by atoms with E-state index in [1.165, 1.54) is 0 Å². The highest BCUT2D eigenvalue weighted by atomic mass is 19.3. The molecule has 0 unspecified atom stereocenters. The molecule has 0 spiro atoms. The Morgan fingerprint density at radius 1 is 1.15 bits per heavy atom. The quantitative estimate of drug-likeness (QED) is 0.338. The smallest absolute Gasteiger partial charge is 0.261 e. The molecule has 0 radical (unpaired) electrons. The van der Waals surface area contributed by atoms with Crippen LogP contribution in [0.5, 0.6) is 0 Å². The van der Waals surface area contributed by atoms with Crippen LogP contribution in [0.15, 0.2) is 30.5 Å². The lowest BCUT2D eigenvalue weighted by molar-refractivity contribution is -0.117. The molecule has 3 aromatic rings. The number of rotatable bonds is 10. The summed E-state index contributed by atoms with van der Waals surface area (Å²) < 4.78 is 36.8. The lowest BCUT2D eigenvalue weighted by atomic mass is 10.2. The van der Waals surface area contributed by atoms with Gasteiger partial charge in [-0.3, -0.25) is 9.89 Å². The van der Waals surface area contributed by atoms with E-state index in [1.54, 1.807) is 29.3 Å². The number of anilines is 5. The summed E-state index contributed by atoms with van der Waals surface area (Å²) in [5.74, 6) is 1.95. The van der Waals surface area contributed by atoms with Gasteiger partial charge in [0.1, 0.15) is 18.5 Å². The summed E-state index contributed by atoms with van der Waals surface area (Å²) in [6, 6.07) is 6.31. The number of pyridine rings is 1. The molecular weight excluding hydrogens is 526 g/mol. The third-order valence-electron chi connectivity index (χ3n) is 6.96. The van der Waals surface area contributed by atoms with Crippen LogP contribution in [0.25, 0.3) is 0 Å². The van der Waals surface area contributed by atoms with Gasteiger partial charge in [-0.25, -0.2) is 13.8 Å². The van der Waals surface area contributed by atoms with Gasteiger partial charge < -0.3 is 29.9 Å².